The number of para-hydroxylation sites is 1. The fourth-order valence-corrected chi connectivity index (χ4v) is 8.55. The number of rotatable bonds is 13. The zero-order chi connectivity index (χ0) is 48.3. The van der Waals surface area contributed by atoms with E-state index in [2.05, 4.69) is 46.9 Å². The first-order valence-corrected chi connectivity index (χ1v) is 23.1. The predicted molar refractivity (Wildman–Crippen MR) is 245 cm³/mol. The van der Waals surface area contributed by atoms with Crippen molar-refractivity contribution >= 4 is 87.8 Å². The Morgan fingerprint density at radius 2 is 1.44 bits per heavy atom. The monoisotopic (exact) mass is 956 g/mol. The van der Waals surface area contributed by atoms with Gasteiger partial charge in [0, 0.05) is 59.5 Å². The van der Waals surface area contributed by atoms with E-state index >= 15 is 0 Å². The number of carboxylic acids is 2. The Morgan fingerprint density at radius 1 is 0.818 bits per heavy atom. The van der Waals surface area contributed by atoms with Crippen LogP contribution in [0.1, 0.15) is 49.6 Å². The van der Waals surface area contributed by atoms with Crippen LogP contribution >= 0.6 is 23.5 Å². The topological polar surface area (TPSA) is 389 Å². The van der Waals surface area contributed by atoms with E-state index in [9.17, 15) is 53.7 Å². The highest BCUT2D eigenvalue weighted by Crippen LogP contribution is 2.21. The molecule has 4 rings (SSSR count). The number of pyridine rings is 1. The molecule has 1 aromatic carbocycles. The first-order valence-electron chi connectivity index (χ1n) is 20.8. The number of guanidine groups is 1. The molecular formula is C41H56N12O11S2. The standard InChI is InChI=1S/C41H56N12O11S2/c1-21(54)34-39(62)50-27(10-5-13-45-41(43)44)35(58)49-28(11-12-33(56)57)36(59)51-29(14-22-16-46-26-9-3-2-8-25(22)26)37(60)52-31(40(63)64)20-66-18-24-7-4-6-23(47-24)17-65-19-30(38(61)53-34)48-32(55)15-42/h2-4,6-9,16,21,27-31,34,46,54H,5,10-15,17-20,42H2,1H3,(H,48,55)(H,49,58)(H,50,62)(H,51,59)(H,52,60)(H,53,61)(H,56,57)(H,63,64)(H4,43,44,45)/t21-,27+,28+,29+,30+,31+,34+/m1/s1. The van der Waals surface area contributed by atoms with E-state index in [1.54, 1.807) is 48.7 Å². The number of amides is 6. The maximum atomic E-state index is 14.2. The van der Waals surface area contributed by atoms with Gasteiger partial charge in [-0.15, -0.1) is 0 Å². The van der Waals surface area contributed by atoms with Gasteiger partial charge in [0.25, 0.3) is 0 Å². The van der Waals surface area contributed by atoms with Gasteiger partial charge in [-0.3, -0.25) is 43.5 Å². The van der Waals surface area contributed by atoms with Gasteiger partial charge in [0.1, 0.15) is 36.3 Å². The molecule has 0 saturated carbocycles. The number of carboxylic acid groups (broad SMARTS) is 2. The van der Waals surface area contributed by atoms with E-state index in [0.29, 0.717) is 27.9 Å². The zero-order valence-electron chi connectivity index (χ0n) is 36.0. The van der Waals surface area contributed by atoms with E-state index in [1.807, 2.05) is 0 Å². The Labute approximate surface area is 387 Å². The minimum atomic E-state index is -1.69. The number of hydrogen-bond donors (Lipinski definition) is 13. The van der Waals surface area contributed by atoms with E-state index < -0.39 is 109 Å². The normalized spacial score (nSPS) is 22.4. The minimum absolute atomic E-state index is 0.0120. The van der Waals surface area contributed by atoms with Crippen LogP contribution in [0.4, 0.5) is 0 Å². The van der Waals surface area contributed by atoms with Crippen molar-refractivity contribution in [3.8, 4) is 0 Å². The molecule has 1 aliphatic heterocycles. The Hall–Kier alpha value is -6.44. The highest BCUT2D eigenvalue weighted by atomic mass is 32.2. The maximum Gasteiger partial charge on any atom is 0.327 e. The minimum Gasteiger partial charge on any atom is -0.481 e. The van der Waals surface area contributed by atoms with Crippen LogP contribution in [0.3, 0.4) is 0 Å². The number of nitrogens with two attached hydrogens (primary N) is 3. The fraction of sp³-hybridized carbons (Fsp3) is 0.463. The lowest BCUT2D eigenvalue weighted by atomic mass is 10.0. The number of benzene rings is 1. The molecule has 7 atom stereocenters. The second-order valence-electron chi connectivity index (χ2n) is 15.2. The molecule has 0 fully saturated rings. The average molecular weight is 957 g/mol. The van der Waals surface area contributed by atoms with E-state index in [1.165, 1.54) is 30.4 Å². The first-order chi connectivity index (χ1) is 31.4. The molecule has 358 valence electrons. The number of carbonyl (C=O) groups excluding carboxylic acids is 6. The summed E-state index contributed by atoms with van der Waals surface area (Å²) < 4.78 is 0. The lowest BCUT2D eigenvalue weighted by Gasteiger charge is -2.28. The molecule has 1 aliphatic rings. The maximum absolute atomic E-state index is 14.2. The number of aromatic amines is 1. The number of aliphatic carboxylic acids is 2. The second kappa shape index (κ2) is 25.9. The SMILES string of the molecule is C[C@@H](O)[C@@H]1NC(=O)[C@@H](NC(=O)CN)CSCc2cccc(n2)CSC[C@@H](C(=O)O)NC(=O)[C@H](Cc2c[nH]c3ccccc23)NC(=O)[C@H](CCC(=O)O)NC(=O)[C@H](CCCN=C(N)N)NC1=O. The number of H-pyrrole nitrogens is 1. The molecule has 3 heterocycles. The molecular weight excluding hydrogens is 901 g/mol. The van der Waals surface area contributed by atoms with Gasteiger partial charge in [-0.05, 0) is 49.9 Å². The molecule has 2 aromatic heterocycles. The fourth-order valence-electron chi connectivity index (χ4n) is 6.64. The molecule has 6 amide bonds. The summed E-state index contributed by atoms with van der Waals surface area (Å²) in [7, 11) is 0. The third-order valence-corrected chi connectivity index (χ3v) is 12.2. The van der Waals surface area contributed by atoms with Crippen LogP contribution in [0.2, 0.25) is 0 Å². The van der Waals surface area contributed by atoms with Crippen LogP contribution in [0.5, 0.6) is 0 Å². The van der Waals surface area contributed by atoms with Gasteiger partial charge in [0.2, 0.25) is 35.4 Å². The molecule has 66 heavy (non-hydrogen) atoms. The van der Waals surface area contributed by atoms with Crippen molar-refractivity contribution in [1.29, 1.82) is 0 Å². The third-order valence-electron chi connectivity index (χ3n) is 10.0. The lowest BCUT2D eigenvalue weighted by Crippen LogP contribution is -2.61. The van der Waals surface area contributed by atoms with Crippen molar-refractivity contribution in [3.05, 3.63) is 65.6 Å². The molecule has 0 aliphatic carbocycles. The summed E-state index contributed by atoms with van der Waals surface area (Å²) in [6, 6.07) is 3.33. The summed E-state index contributed by atoms with van der Waals surface area (Å²) in [6.45, 7) is 0.736. The van der Waals surface area contributed by atoms with E-state index in [4.69, 9.17) is 17.2 Å². The third kappa shape index (κ3) is 16.5. The number of aliphatic hydroxyl groups excluding tert-OH is 1. The largest absolute Gasteiger partial charge is 0.481 e. The van der Waals surface area contributed by atoms with Crippen LogP contribution in [0.25, 0.3) is 10.9 Å². The number of aliphatic imine (C=N–C) groups is 1. The Balaban J connectivity index is 1.75. The molecule has 0 saturated heterocycles. The smallest absolute Gasteiger partial charge is 0.327 e. The number of aliphatic hydroxyl groups is 1. The van der Waals surface area contributed by atoms with E-state index in [0.717, 1.165) is 0 Å². The number of carbonyl (C=O) groups is 8. The van der Waals surface area contributed by atoms with Crippen molar-refractivity contribution in [2.45, 2.75) is 92.9 Å². The molecule has 23 nitrogen and oxygen atoms in total. The van der Waals surface area contributed by atoms with Crippen molar-refractivity contribution in [1.82, 2.24) is 41.9 Å². The quantitative estimate of drug-likeness (QED) is 0.0480. The average Bonchev–Trinajstić information content (AvgIpc) is 3.68. The van der Waals surface area contributed by atoms with Gasteiger partial charge >= 0.3 is 11.9 Å². The van der Waals surface area contributed by atoms with Crippen LogP contribution in [0, 0.1) is 0 Å². The number of nitrogens with one attached hydrogen (secondary N) is 7. The van der Waals surface area contributed by atoms with Crippen molar-refractivity contribution in [3.63, 3.8) is 0 Å². The van der Waals surface area contributed by atoms with Gasteiger partial charge in [-0.1, -0.05) is 24.3 Å². The Kier molecular flexibility index (Phi) is 20.5. The Morgan fingerprint density at radius 3 is 2.08 bits per heavy atom. The molecule has 25 heteroatoms. The van der Waals surface area contributed by atoms with Crippen LogP contribution in [-0.4, -0.2) is 146 Å². The molecule has 2 bridgehead atoms. The number of aromatic nitrogens is 2. The summed E-state index contributed by atoms with van der Waals surface area (Å²) in [6.07, 6.45) is -1.32. The highest BCUT2D eigenvalue weighted by Gasteiger charge is 2.35. The molecule has 0 unspecified atom stereocenters. The van der Waals surface area contributed by atoms with Crippen molar-refractivity contribution in [2.75, 3.05) is 24.6 Å². The highest BCUT2D eigenvalue weighted by molar-refractivity contribution is 7.98. The van der Waals surface area contributed by atoms with Crippen LogP contribution in [0.15, 0.2) is 53.7 Å². The predicted octanol–water partition coefficient (Wildman–Crippen LogP) is -2.46. The van der Waals surface area contributed by atoms with E-state index in [-0.39, 0.29) is 54.8 Å². The van der Waals surface area contributed by atoms with Crippen LogP contribution < -0.4 is 49.1 Å². The Bertz CT molecular complexity index is 2240. The summed E-state index contributed by atoms with van der Waals surface area (Å²) in [5.41, 5.74) is 18.9. The second-order valence-corrected chi connectivity index (χ2v) is 17.3. The zero-order valence-corrected chi connectivity index (χ0v) is 37.6. The van der Waals surface area contributed by atoms with Gasteiger partial charge in [-0.25, -0.2) is 4.79 Å². The van der Waals surface area contributed by atoms with Gasteiger partial charge in [0.05, 0.1) is 24.0 Å². The molecule has 0 spiro atoms. The van der Waals surface area contributed by atoms with Gasteiger partial charge in [-0.2, -0.15) is 23.5 Å². The number of nitrogens with zero attached hydrogens (tertiary/aromatic N) is 2. The number of fused-ring (bicyclic) bond motifs is 3. The van der Waals surface area contributed by atoms with Gasteiger partial charge < -0.3 is 69.4 Å². The van der Waals surface area contributed by atoms with Gasteiger partial charge in [0.15, 0.2) is 5.96 Å². The number of thioether (sulfide) groups is 2. The summed E-state index contributed by atoms with van der Waals surface area (Å²) in [5, 5.41) is 46.2. The molecule has 16 N–H and O–H groups in total. The summed E-state index contributed by atoms with van der Waals surface area (Å²) in [5.74, 6) is -8.11. The van der Waals surface area contributed by atoms with Crippen LogP contribution in [-0.2, 0) is 56.3 Å². The van der Waals surface area contributed by atoms with Crippen molar-refractivity contribution in [2.24, 2.45) is 22.2 Å². The molecule has 3 aromatic rings. The summed E-state index contributed by atoms with van der Waals surface area (Å²) in [4.78, 5) is 118. The lowest BCUT2D eigenvalue weighted by molar-refractivity contribution is -0.141. The molecule has 0 radical (unpaired) electrons. The van der Waals surface area contributed by atoms with Crippen molar-refractivity contribution < 1.29 is 53.7 Å². The first kappa shape index (κ1) is 52.2. The number of hydrogen-bond acceptors (Lipinski definition) is 14. The summed E-state index contributed by atoms with van der Waals surface area (Å²) >= 11 is 2.38.